The molecule has 3 aromatic rings. The van der Waals surface area contributed by atoms with Gasteiger partial charge in [-0.15, -0.1) is 0 Å². The summed E-state index contributed by atoms with van der Waals surface area (Å²) in [6, 6.07) is 16.9. The lowest BCUT2D eigenvalue weighted by Crippen LogP contribution is -2.44. The number of halogens is 3. The van der Waals surface area contributed by atoms with Gasteiger partial charge in [0.15, 0.2) is 0 Å². The smallest absolute Gasteiger partial charge is 0.243 e. The second-order valence-electron chi connectivity index (χ2n) is 7.94. The van der Waals surface area contributed by atoms with E-state index >= 15 is 0 Å². The van der Waals surface area contributed by atoms with Gasteiger partial charge in [0.2, 0.25) is 15.9 Å². The minimum absolute atomic E-state index is 0.0283. The van der Waals surface area contributed by atoms with Crippen molar-refractivity contribution in [1.29, 1.82) is 0 Å². The first kappa shape index (κ1) is 23.9. The summed E-state index contributed by atoms with van der Waals surface area (Å²) < 4.78 is 42.4. The summed E-state index contributed by atoms with van der Waals surface area (Å²) in [6.45, 7) is 1.50. The predicted molar refractivity (Wildman–Crippen MR) is 130 cm³/mol. The van der Waals surface area contributed by atoms with Crippen LogP contribution in [-0.2, 0) is 27.8 Å². The number of hydrogen-bond donors (Lipinski definition) is 0. The fraction of sp³-hybridized carbons (Fsp3) is 0.208. The summed E-state index contributed by atoms with van der Waals surface area (Å²) in [6.07, 6.45) is 0.683. The van der Waals surface area contributed by atoms with Crippen molar-refractivity contribution in [3.05, 3.63) is 93.2 Å². The molecule has 1 aliphatic heterocycles. The molecule has 3 aromatic carbocycles. The van der Waals surface area contributed by atoms with Crippen molar-refractivity contribution < 1.29 is 17.6 Å². The highest BCUT2D eigenvalue weighted by atomic mass is 79.9. The predicted octanol–water partition coefficient (Wildman–Crippen LogP) is 5.41. The summed E-state index contributed by atoms with van der Waals surface area (Å²) in [7, 11) is -4.03. The zero-order valence-electron chi connectivity index (χ0n) is 17.7. The third kappa shape index (κ3) is 5.14. The molecule has 5 nitrogen and oxygen atoms in total. The van der Waals surface area contributed by atoms with Gasteiger partial charge in [0, 0.05) is 27.8 Å². The third-order valence-electron chi connectivity index (χ3n) is 5.56. The highest BCUT2D eigenvalue weighted by Gasteiger charge is 2.34. The molecule has 4 rings (SSSR count). The number of rotatable bonds is 6. The minimum atomic E-state index is -4.03. The molecule has 1 atom stereocenters. The van der Waals surface area contributed by atoms with Gasteiger partial charge in [-0.1, -0.05) is 39.7 Å². The second kappa shape index (κ2) is 9.54. The second-order valence-corrected chi connectivity index (χ2v) is 11.2. The van der Waals surface area contributed by atoms with E-state index < -0.39 is 15.8 Å². The Kier molecular flexibility index (Phi) is 6.91. The van der Waals surface area contributed by atoms with E-state index in [0.717, 1.165) is 20.0 Å². The van der Waals surface area contributed by atoms with Crippen molar-refractivity contribution in [2.24, 2.45) is 0 Å². The SMILES string of the molecule is CC1Cc2cc(Br)ccc2N1C(=O)CN(Cc1ccc(F)cc1)S(=O)(=O)c1ccc(Cl)cc1. The maximum Gasteiger partial charge on any atom is 0.243 e. The van der Waals surface area contributed by atoms with Gasteiger partial charge in [0.05, 0.1) is 11.4 Å². The van der Waals surface area contributed by atoms with Gasteiger partial charge in [-0.2, -0.15) is 4.31 Å². The van der Waals surface area contributed by atoms with Crippen LogP contribution in [-0.4, -0.2) is 31.2 Å². The Balaban J connectivity index is 1.67. The molecule has 1 unspecified atom stereocenters. The van der Waals surface area contributed by atoms with Crippen LogP contribution in [0.5, 0.6) is 0 Å². The van der Waals surface area contributed by atoms with E-state index in [1.807, 2.05) is 25.1 Å². The third-order valence-corrected chi connectivity index (χ3v) is 8.11. The molecule has 0 aromatic heterocycles. The molecule has 0 N–H and O–H groups in total. The number of hydrogen-bond acceptors (Lipinski definition) is 3. The highest BCUT2D eigenvalue weighted by Crippen LogP contribution is 2.34. The van der Waals surface area contributed by atoms with Crippen LogP contribution < -0.4 is 4.90 Å². The number of sulfonamides is 1. The molecule has 0 bridgehead atoms. The van der Waals surface area contributed by atoms with E-state index in [2.05, 4.69) is 15.9 Å². The molecule has 0 saturated carbocycles. The first-order valence-electron chi connectivity index (χ1n) is 10.3. The molecule has 1 amide bonds. The number of carbonyl (C=O) groups excluding carboxylic acids is 1. The molecule has 0 spiro atoms. The van der Waals surface area contributed by atoms with Crippen LogP contribution in [0.3, 0.4) is 0 Å². The topological polar surface area (TPSA) is 57.7 Å². The molecule has 9 heteroatoms. The van der Waals surface area contributed by atoms with Crippen LogP contribution >= 0.6 is 27.5 Å². The molecule has 0 saturated heterocycles. The van der Waals surface area contributed by atoms with Crippen LogP contribution in [0.25, 0.3) is 0 Å². The van der Waals surface area contributed by atoms with Crippen LogP contribution in [0.2, 0.25) is 5.02 Å². The lowest BCUT2D eigenvalue weighted by atomic mass is 10.1. The summed E-state index contributed by atoms with van der Waals surface area (Å²) in [5, 5.41) is 0.406. The molecule has 0 radical (unpaired) electrons. The molecule has 0 fully saturated rings. The van der Waals surface area contributed by atoms with Crippen molar-refractivity contribution in [2.75, 3.05) is 11.4 Å². The van der Waals surface area contributed by atoms with E-state index in [1.165, 1.54) is 48.5 Å². The summed E-state index contributed by atoms with van der Waals surface area (Å²) in [4.78, 5) is 15.1. The van der Waals surface area contributed by atoms with E-state index in [-0.39, 0.29) is 29.9 Å². The zero-order valence-corrected chi connectivity index (χ0v) is 20.9. The monoisotopic (exact) mass is 550 g/mol. The minimum Gasteiger partial charge on any atom is -0.308 e. The van der Waals surface area contributed by atoms with Crippen LogP contribution in [0, 0.1) is 5.82 Å². The molecular formula is C24H21BrClFN2O3S. The standard InChI is InChI=1S/C24H21BrClFN2O3S/c1-16-12-18-13-19(25)4-11-23(18)29(16)24(30)15-28(14-17-2-7-21(27)8-3-17)33(31,32)22-9-5-20(26)6-10-22/h2-11,13,16H,12,14-15H2,1H3. The van der Waals surface area contributed by atoms with Crippen molar-refractivity contribution >= 4 is 49.1 Å². The van der Waals surface area contributed by atoms with Gasteiger partial charge in [0.25, 0.3) is 0 Å². The van der Waals surface area contributed by atoms with Crippen molar-refractivity contribution in [2.45, 2.75) is 30.8 Å². The Morgan fingerprint density at radius 1 is 1.12 bits per heavy atom. The molecular weight excluding hydrogens is 531 g/mol. The van der Waals surface area contributed by atoms with E-state index in [9.17, 15) is 17.6 Å². The number of fused-ring (bicyclic) bond motifs is 1. The average Bonchev–Trinajstić information content (AvgIpc) is 3.09. The van der Waals surface area contributed by atoms with Crippen LogP contribution in [0.4, 0.5) is 10.1 Å². The normalized spacial score (nSPS) is 15.7. The number of amides is 1. The first-order valence-corrected chi connectivity index (χ1v) is 12.9. The first-order chi connectivity index (χ1) is 15.6. The Hall–Kier alpha value is -2.26. The molecule has 1 heterocycles. The van der Waals surface area contributed by atoms with E-state index in [0.29, 0.717) is 17.0 Å². The summed E-state index contributed by atoms with van der Waals surface area (Å²) in [5.41, 5.74) is 2.37. The van der Waals surface area contributed by atoms with Gasteiger partial charge in [0.1, 0.15) is 5.82 Å². The fourth-order valence-corrected chi connectivity index (χ4v) is 5.89. The summed E-state index contributed by atoms with van der Waals surface area (Å²) in [5.74, 6) is -0.751. The molecule has 33 heavy (non-hydrogen) atoms. The van der Waals surface area contributed by atoms with Gasteiger partial charge < -0.3 is 4.90 Å². The zero-order chi connectivity index (χ0) is 23.8. The average molecular weight is 552 g/mol. The quantitative estimate of drug-likeness (QED) is 0.412. The van der Waals surface area contributed by atoms with Crippen LogP contribution in [0.1, 0.15) is 18.1 Å². The molecule has 172 valence electrons. The Morgan fingerprint density at radius 3 is 2.45 bits per heavy atom. The maximum atomic E-state index is 13.5. The number of benzene rings is 3. The molecule has 0 aliphatic carbocycles. The molecule has 1 aliphatic rings. The van der Waals surface area contributed by atoms with Gasteiger partial charge in [-0.05, 0) is 79.1 Å². The van der Waals surface area contributed by atoms with Crippen LogP contribution in [0.15, 0.2) is 76.1 Å². The highest BCUT2D eigenvalue weighted by molar-refractivity contribution is 9.10. The lowest BCUT2D eigenvalue weighted by Gasteiger charge is -2.27. The number of carbonyl (C=O) groups is 1. The van der Waals surface area contributed by atoms with Gasteiger partial charge in [-0.3, -0.25) is 4.79 Å². The number of anilines is 1. The maximum absolute atomic E-state index is 13.5. The van der Waals surface area contributed by atoms with Gasteiger partial charge >= 0.3 is 0 Å². The van der Waals surface area contributed by atoms with E-state index in [1.54, 1.807) is 4.90 Å². The fourth-order valence-electron chi connectivity index (χ4n) is 3.98. The Labute approximate surface area is 206 Å². The van der Waals surface area contributed by atoms with Crippen molar-refractivity contribution in [1.82, 2.24) is 4.31 Å². The number of nitrogens with zero attached hydrogens (tertiary/aromatic N) is 2. The van der Waals surface area contributed by atoms with E-state index in [4.69, 9.17) is 11.6 Å². The van der Waals surface area contributed by atoms with Crippen molar-refractivity contribution in [3.8, 4) is 0 Å². The Morgan fingerprint density at radius 2 is 1.79 bits per heavy atom. The lowest BCUT2D eigenvalue weighted by molar-refractivity contribution is -0.119. The Bertz CT molecular complexity index is 1280. The van der Waals surface area contributed by atoms with Crippen molar-refractivity contribution in [3.63, 3.8) is 0 Å². The summed E-state index contributed by atoms with van der Waals surface area (Å²) >= 11 is 9.38. The van der Waals surface area contributed by atoms with Gasteiger partial charge in [-0.25, -0.2) is 12.8 Å². The largest absolute Gasteiger partial charge is 0.308 e.